The summed E-state index contributed by atoms with van der Waals surface area (Å²) >= 11 is 0. The van der Waals surface area contributed by atoms with Crippen molar-refractivity contribution >= 4 is 17.4 Å². The number of fused-ring (bicyclic) bond motifs is 1. The summed E-state index contributed by atoms with van der Waals surface area (Å²) in [6, 6.07) is 4.57. The lowest BCUT2D eigenvalue weighted by atomic mass is 10.3. The van der Waals surface area contributed by atoms with E-state index in [4.69, 9.17) is 0 Å². The van der Waals surface area contributed by atoms with E-state index >= 15 is 0 Å². The average Bonchev–Trinajstić information content (AvgIpc) is 3.02. The van der Waals surface area contributed by atoms with Crippen LogP contribution in [0.15, 0.2) is 24.4 Å². The molecular formula is C15H15F3N8. The van der Waals surface area contributed by atoms with Gasteiger partial charge in [0.1, 0.15) is 11.5 Å². The van der Waals surface area contributed by atoms with E-state index in [1.54, 1.807) is 9.42 Å². The molecule has 0 radical (unpaired) electrons. The molecule has 0 saturated carbocycles. The van der Waals surface area contributed by atoms with Gasteiger partial charge in [0.05, 0.1) is 0 Å². The first-order valence-corrected chi connectivity index (χ1v) is 8.01. The highest BCUT2D eigenvalue weighted by Gasteiger charge is 2.33. The lowest BCUT2D eigenvalue weighted by molar-refractivity contribution is -0.141. The van der Waals surface area contributed by atoms with Crippen molar-refractivity contribution in [1.82, 2.24) is 29.8 Å². The first-order valence-electron chi connectivity index (χ1n) is 8.01. The van der Waals surface area contributed by atoms with Gasteiger partial charge in [-0.15, -0.1) is 15.3 Å². The van der Waals surface area contributed by atoms with Gasteiger partial charge in [0.2, 0.25) is 5.95 Å². The summed E-state index contributed by atoms with van der Waals surface area (Å²) in [6.07, 6.45) is -3.34. The fraction of sp³-hybridized carbons (Fsp3) is 0.400. The van der Waals surface area contributed by atoms with E-state index in [0.29, 0.717) is 37.7 Å². The highest BCUT2D eigenvalue weighted by molar-refractivity contribution is 5.47. The largest absolute Gasteiger partial charge is 0.433 e. The van der Waals surface area contributed by atoms with E-state index in [9.17, 15) is 13.2 Å². The normalized spacial score (nSPS) is 15.7. The minimum atomic E-state index is -4.48. The lowest BCUT2D eigenvalue weighted by Crippen LogP contribution is -2.47. The van der Waals surface area contributed by atoms with Gasteiger partial charge in [-0.3, -0.25) is 0 Å². The van der Waals surface area contributed by atoms with E-state index in [1.165, 1.54) is 0 Å². The van der Waals surface area contributed by atoms with Crippen LogP contribution in [0.25, 0.3) is 5.65 Å². The fourth-order valence-corrected chi connectivity index (χ4v) is 2.85. The van der Waals surface area contributed by atoms with Crippen molar-refractivity contribution in [2.45, 2.75) is 13.1 Å². The Balaban J connectivity index is 1.49. The monoisotopic (exact) mass is 364 g/mol. The number of hydrogen-bond donors (Lipinski definition) is 0. The second-order valence-corrected chi connectivity index (χ2v) is 5.92. The Labute approximate surface area is 146 Å². The number of aryl methyl sites for hydroxylation is 1. The second kappa shape index (κ2) is 6.07. The van der Waals surface area contributed by atoms with Crippen LogP contribution < -0.4 is 9.80 Å². The minimum Gasteiger partial charge on any atom is -0.352 e. The molecule has 1 saturated heterocycles. The van der Waals surface area contributed by atoms with Gasteiger partial charge in [0.25, 0.3) is 0 Å². The molecule has 0 bridgehead atoms. The number of rotatable bonds is 2. The number of halogens is 3. The van der Waals surface area contributed by atoms with Gasteiger partial charge in [-0.2, -0.15) is 17.7 Å². The average molecular weight is 364 g/mol. The summed E-state index contributed by atoms with van der Waals surface area (Å²) in [5, 5.41) is 12.5. The Morgan fingerprint density at radius 1 is 0.962 bits per heavy atom. The maximum absolute atomic E-state index is 12.8. The number of aromatic nitrogens is 6. The fourth-order valence-electron chi connectivity index (χ4n) is 2.85. The highest BCUT2D eigenvalue weighted by atomic mass is 19.4. The number of piperazine rings is 1. The highest BCUT2D eigenvalue weighted by Crippen LogP contribution is 2.28. The minimum absolute atomic E-state index is 0.0949. The first kappa shape index (κ1) is 16.5. The molecule has 0 atom stereocenters. The van der Waals surface area contributed by atoms with Crippen LogP contribution in [0.4, 0.5) is 24.9 Å². The van der Waals surface area contributed by atoms with Crippen LogP contribution in [0.2, 0.25) is 0 Å². The van der Waals surface area contributed by atoms with Crippen LogP contribution in [0.3, 0.4) is 0 Å². The Morgan fingerprint density at radius 3 is 2.42 bits per heavy atom. The molecule has 1 fully saturated rings. The molecule has 136 valence electrons. The van der Waals surface area contributed by atoms with Gasteiger partial charge in [0, 0.05) is 32.4 Å². The molecular weight excluding hydrogens is 349 g/mol. The quantitative estimate of drug-likeness (QED) is 0.683. The zero-order valence-corrected chi connectivity index (χ0v) is 13.8. The molecule has 0 unspecified atom stereocenters. The van der Waals surface area contributed by atoms with E-state index < -0.39 is 11.9 Å². The molecule has 0 aromatic carbocycles. The summed E-state index contributed by atoms with van der Waals surface area (Å²) in [5.41, 5.74) is -0.262. The molecule has 8 nitrogen and oxygen atoms in total. The van der Waals surface area contributed by atoms with Gasteiger partial charge in [-0.05, 0) is 25.1 Å². The molecule has 4 heterocycles. The molecule has 0 aliphatic carbocycles. The third-order valence-electron chi connectivity index (χ3n) is 4.22. The van der Waals surface area contributed by atoms with E-state index in [0.717, 1.165) is 18.1 Å². The standard InChI is InChI=1S/C15H15F3N8/c1-10-21-22-12-2-3-13(23-26(10)12)24-6-8-25(9-7-24)14-19-5-4-11(20-14)15(16,17)18/h2-5H,6-9H2,1H3. The molecule has 0 amide bonds. The molecule has 0 spiro atoms. The molecule has 1 aliphatic rings. The topological polar surface area (TPSA) is 75.3 Å². The van der Waals surface area contributed by atoms with E-state index in [1.807, 2.05) is 19.1 Å². The van der Waals surface area contributed by atoms with E-state index in [-0.39, 0.29) is 5.95 Å². The summed E-state index contributed by atoms with van der Waals surface area (Å²) in [5.74, 6) is 1.56. The van der Waals surface area contributed by atoms with Crippen LogP contribution in [-0.2, 0) is 6.18 Å². The number of anilines is 2. The third kappa shape index (κ3) is 3.00. The van der Waals surface area contributed by atoms with Gasteiger partial charge in [-0.1, -0.05) is 0 Å². The predicted molar refractivity (Wildman–Crippen MR) is 87.0 cm³/mol. The number of hydrogen-bond acceptors (Lipinski definition) is 7. The molecule has 3 aromatic rings. The lowest BCUT2D eigenvalue weighted by Gasteiger charge is -2.35. The maximum Gasteiger partial charge on any atom is 0.433 e. The van der Waals surface area contributed by atoms with Gasteiger partial charge in [0.15, 0.2) is 11.5 Å². The van der Waals surface area contributed by atoms with Gasteiger partial charge >= 0.3 is 6.18 Å². The Bertz CT molecular complexity index is 930. The summed E-state index contributed by atoms with van der Waals surface area (Å²) < 4.78 is 40.1. The molecule has 3 aromatic heterocycles. The SMILES string of the molecule is Cc1nnc2ccc(N3CCN(c4nccc(C(F)(F)F)n4)CC3)nn12. The Morgan fingerprint density at radius 2 is 1.69 bits per heavy atom. The predicted octanol–water partition coefficient (Wildman–Crippen LogP) is 1.57. The number of nitrogens with zero attached hydrogens (tertiary/aromatic N) is 8. The van der Waals surface area contributed by atoms with Crippen molar-refractivity contribution in [2.24, 2.45) is 0 Å². The van der Waals surface area contributed by atoms with E-state index in [2.05, 4.69) is 30.2 Å². The number of alkyl halides is 3. The molecule has 0 N–H and O–H groups in total. The zero-order valence-electron chi connectivity index (χ0n) is 13.8. The maximum atomic E-state index is 12.8. The molecule has 11 heteroatoms. The Hall–Kier alpha value is -2.98. The van der Waals surface area contributed by atoms with Crippen LogP contribution >= 0.6 is 0 Å². The van der Waals surface area contributed by atoms with Crippen LogP contribution in [0, 0.1) is 6.92 Å². The summed E-state index contributed by atoms with van der Waals surface area (Å²) in [4.78, 5) is 11.4. The Kier molecular flexibility index (Phi) is 3.85. The van der Waals surface area contributed by atoms with Crippen LogP contribution in [0.1, 0.15) is 11.5 Å². The van der Waals surface area contributed by atoms with Crippen molar-refractivity contribution in [3.63, 3.8) is 0 Å². The molecule has 1 aliphatic heterocycles. The first-order chi connectivity index (χ1) is 12.4. The van der Waals surface area contributed by atoms with Gasteiger partial charge in [-0.25, -0.2) is 9.97 Å². The van der Waals surface area contributed by atoms with Crippen molar-refractivity contribution in [1.29, 1.82) is 0 Å². The smallest absolute Gasteiger partial charge is 0.352 e. The third-order valence-corrected chi connectivity index (χ3v) is 4.22. The van der Waals surface area contributed by atoms with Gasteiger partial charge < -0.3 is 9.80 Å². The zero-order chi connectivity index (χ0) is 18.3. The molecule has 4 rings (SSSR count). The van der Waals surface area contributed by atoms with Crippen molar-refractivity contribution in [2.75, 3.05) is 36.0 Å². The second-order valence-electron chi connectivity index (χ2n) is 5.92. The van der Waals surface area contributed by atoms with Crippen LogP contribution in [-0.4, -0.2) is 56.0 Å². The van der Waals surface area contributed by atoms with Crippen molar-refractivity contribution in [3.8, 4) is 0 Å². The molecule has 26 heavy (non-hydrogen) atoms. The van der Waals surface area contributed by atoms with Crippen molar-refractivity contribution < 1.29 is 13.2 Å². The van der Waals surface area contributed by atoms with Crippen molar-refractivity contribution in [3.05, 3.63) is 35.9 Å². The van der Waals surface area contributed by atoms with Crippen LogP contribution in [0.5, 0.6) is 0 Å². The summed E-state index contributed by atoms with van der Waals surface area (Å²) in [6.45, 7) is 4.02. The summed E-state index contributed by atoms with van der Waals surface area (Å²) in [7, 11) is 0.